The van der Waals surface area contributed by atoms with E-state index in [9.17, 15) is 4.79 Å². The molecule has 0 unspecified atom stereocenters. The van der Waals surface area contributed by atoms with Crippen LogP contribution in [0.2, 0.25) is 0 Å². The van der Waals surface area contributed by atoms with E-state index in [2.05, 4.69) is 36.6 Å². The summed E-state index contributed by atoms with van der Waals surface area (Å²) in [5.41, 5.74) is 3.66. The van der Waals surface area contributed by atoms with Gasteiger partial charge in [-0.05, 0) is 62.1 Å². The number of benzene rings is 2. The lowest BCUT2D eigenvalue weighted by molar-refractivity contribution is -0.119. The fraction of sp³-hybridized carbons (Fsp3) is 0.381. The van der Waals surface area contributed by atoms with E-state index in [1.54, 1.807) is 0 Å². The fourth-order valence-electron chi connectivity index (χ4n) is 2.57. The standard InChI is InChI=1S/C21H28N2O/c1-5-7-17-10-14-19(15-11-17)23-21(3,4)20(24)22-18-12-8-16(6-2)9-13-18/h8-15,23H,5-7H2,1-4H3,(H,22,24). The largest absolute Gasteiger partial charge is 0.372 e. The van der Waals surface area contributed by atoms with E-state index in [1.807, 2.05) is 50.2 Å². The van der Waals surface area contributed by atoms with E-state index in [-0.39, 0.29) is 5.91 Å². The highest BCUT2D eigenvalue weighted by atomic mass is 16.2. The molecular formula is C21H28N2O. The molecule has 2 aromatic rings. The molecule has 0 aliphatic heterocycles. The number of hydrogen-bond donors (Lipinski definition) is 2. The van der Waals surface area contributed by atoms with Gasteiger partial charge < -0.3 is 10.6 Å². The summed E-state index contributed by atoms with van der Waals surface area (Å²) in [5, 5.41) is 6.30. The van der Waals surface area contributed by atoms with Crippen molar-refractivity contribution in [3.8, 4) is 0 Å². The highest BCUT2D eigenvalue weighted by Crippen LogP contribution is 2.19. The lowest BCUT2D eigenvalue weighted by Crippen LogP contribution is -2.44. The molecule has 3 heteroatoms. The van der Waals surface area contributed by atoms with Crippen LogP contribution >= 0.6 is 0 Å². The monoisotopic (exact) mass is 324 g/mol. The molecule has 0 aliphatic carbocycles. The minimum Gasteiger partial charge on any atom is -0.372 e. The van der Waals surface area contributed by atoms with Gasteiger partial charge in [0.05, 0.1) is 0 Å². The SMILES string of the molecule is CCCc1ccc(NC(C)(C)C(=O)Nc2ccc(CC)cc2)cc1. The Morgan fingerprint density at radius 1 is 0.875 bits per heavy atom. The maximum Gasteiger partial charge on any atom is 0.249 e. The predicted molar refractivity (Wildman–Crippen MR) is 103 cm³/mol. The number of aryl methyl sites for hydroxylation is 2. The zero-order valence-electron chi connectivity index (χ0n) is 15.1. The van der Waals surface area contributed by atoms with Gasteiger partial charge in [-0.15, -0.1) is 0 Å². The first-order valence-corrected chi connectivity index (χ1v) is 8.72. The van der Waals surface area contributed by atoms with Crippen molar-refractivity contribution in [3.63, 3.8) is 0 Å². The smallest absolute Gasteiger partial charge is 0.249 e. The summed E-state index contributed by atoms with van der Waals surface area (Å²) in [4.78, 5) is 12.6. The maximum absolute atomic E-state index is 12.6. The van der Waals surface area contributed by atoms with Crippen LogP contribution in [0.25, 0.3) is 0 Å². The van der Waals surface area contributed by atoms with Gasteiger partial charge in [0.2, 0.25) is 5.91 Å². The molecule has 2 aromatic carbocycles. The number of hydrogen-bond acceptors (Lipinski definition) is 2. The zero-order chi connectivity index (χ0) is 17.6. The van der Waals surface area contributed by atoms with Crippen LogP contribution in [-0.2, 0) is 17.6 Å². The van der Waals surface area contributed by atoms with Gasteiger partial charge in [-0.3, -0.25) is 4.79 Å². The molecular weight excluding hydrogens is 296 g/mol. The summed E-state index contributed by atoms with van der Waals surface area (Å²) in [7, 11) is 0. The molecule has 1 amide bonds. The average Bonchev–Trinajstić information content (AvgIpc) is 2.57. The van der Waals surface area contributed by atoms with E-state index in [4.69, 9.17) is 0 Å². The van der Waals surface area contributed by atoms with E-state index in [1.165, 1.54) is 11.1 Å². The van der Waals surface area contributed by atoms with Crippen LogP contribution < -0.4 is 10.6 Å². The molecule has 24 heavy (non-hydrogen) atoms. The Morgan fingerprint density at radius 2 is 1.42 bits per heavy atom. The summed E-state index contributed by atoms with van der Waals surface area (Å²) < 4.78 is 0. The van der Waals surface area contributed by atoms with Crippen molar-refractivity contribution in [1.29, 1.82) is 0 Å². The zero-order valence-corrected chi connectivity index (χ0v) is 15.1. The Balaban J connectivity index is 2.00. The maximum atomic E-state index is 12.6. The lowest BCUT2D eigenvalue weighted by Gasteiger charge is -2.26. The van der Waals surface area contributed by atoms with Gasteiger partial charge in [0.1, 0.15) is 5.54 Å². The molecule has 0 aromatic heterocycles. The van der Waals surface area contributed by atoms with Gasteiger partial charge in [-0.2, -0.15) is 0 Å². The minimum absolute atomic E-state index is 0.0515. The number of rotatable bonds is 7. The van der Waals surface area contributed by atoms with E-state index in [0.29, 0.717) is 0 Å². The normalized spacial score (nSPS) is 11.2. The molecule has 0 bridgehead atoms. The molecule has 128 valence electrons. The number of carbonyl (C=O) groups is 1. The first-order chi connectivity index (χ1) is 11.4. The van der Waals surface area contributed by atoms with Crippen LogP contribution in [0.4, 0.5) is 11.4 Å². The van der Waals surface area contributed by atoms with E-state index >= 15 is 0 Å². The summed E-state index contributed by atoms with van der Waals surface area (Å²) in [6.07, 6.45) is 3.21. The van der Waals surface area contributed by atoms with Gasteiger partial charge in [-0.25, -0.2) is 0 Å². The highest BCUT2D eigenvalue weighted by Gasteiger charge is 2.27. The molecule has 3 nitrogen and oxygen atoms in total. The van der Waals surface area contributed by atoms with Crippen molar-refractivity contribution in [1.82, 2.24) is 0 Å². The van der Waals surface area contributed by atoms with E-state index in [0.717, 1.165) is 30.6 Å². The second kappa shape index (κ2) is 8.00. The predicted octanol–water partition coefficient (Wildman–Crippen LogP) is 5.03. The molecule has 0 spiro atoms. The van der Waals surface area contributed by atoms with Gasteiger partial charge in [0.15, 0.2) is 0 Å². The second-order valence-corrected chi connectivity index (χ2v) is 6.70. The minimum atomic E-state index is -0.699. The Bertz CT molecular complexity index is 657. The molecule has 0 fully saturated rings. The van der Waals surface area contributed by atoms with Crippen LogP contribution in [0.5, 0.6) is 0 Å². The highest BCUT2D eigenvalue weighted by molar-refractivity contribution is 5.99. The van der Waals surface area contributed by atoms with Crippen LogP contribution in [0.1, 0.15) is 45.2 Å². The third-order valence-electron chi connectivity index (χ3n) is 4.14. The topological polar surface area (TPSA) is 41.1 Å². The van der Waals surface area contributed by atoms with Crippen molar-refractivity contribution in [2.45, 2.75) is 52.5 Å². The Kier molecular flexibility index (Phi) is 6.02. The van der Waals surface area contributed by atoms with Gasteiger partial charge in [-0.1, -0.05) is 44.5 Å². The summed E-state index contributed by atoms with van der Waals surface area (Å²) in [6, 6.07) is 16.3. The van der Waals surface area contributed by atoms with Gasteiger partial charge >= 0.3 is 0 Å². The number of nitrogens with one attached hydrogen (secondary N) is 2. The summed E-state index contributed by atoms with van der Waals surface area (Å²) in [6.45, 7) is 8.07. The molecule has 0 radical (unpaired) electrons. The average molecular weight is 324 g/mol. The van der Waals surface area contributed by atoms with Crippen molar-refractivity contribution < 1.29 is 4.79 Å². The Labute approximate surface area is 145 Å². The fourth-order valence-corrected chi connectivity index (χ4v) is 2.57. The van der Waals surface area contributed by atoms with Crippen LogP contribution in [0, 0.1) is 0 Å². The number of amides is 1. The van der Waals surface area contributed by atoms with Crippen molar-refractivity contribution in [2.75, 3.05) is 10.6 Å². The number of carbonyl (C=O) groups excluding carboxylic acids is 1. The van der Waals surface area contributed by atoms with Crippen LogP contribution in [-0.4, -0.2) is 11.4 Å². The third kappa shape index (κ3) is 4.85. The Morgan fingerprint density at radius 3 is 1.96 bits per heavy atom. The molecule has 0 heterocycles. The van der Waals surface area contributed by atoms with E-state index < -0.39 is 5.54 Å². The molecule has 0 saturated carbocycles. The van der Waals surface area contributed by atoms with Gasteiger partial charge in [0, 0.05) is 11.4 Å². The van der Waals surface area contributed by atoms with Crippen molar-refractivity contribution >= 4 is 17.3 Å². The first kappa shape index (κ1) is 18.1. The Hall–Kier alpha value is -2.29. The lowest BCUT2D eigenvalue weighted by atomic mass is 10.0. The molecule has 2 N–H and O–H groups in total. The van der Waals surface area contributed by atoms with Crippen molar-refractivity contribution in [3.05, 3.63) is 59.7 Å². The van der Waals surface area contributed by atoms with Crippen molar-refractivity contribution in [2.24, 2.45) is 0 Å². The molecule has 2 rings (SSSR count). The number of anilines is 2. The first-order valence-electron chi connectivity index (χ1n) is 8.72. The summed E-state index contributed by atoms with van der Waals surface area (Å²) >= 11 is 0. The molecule has 0 atom stereocenters. The molecule has 0 saturated heterocycles. The summed E-state index contributed by atoms with van der Waals surface area (Å²) in [5.74, 6) is -0.0515. The second-order valence-electron chi connectivity index (χ2n) is 6.70. The van der Waals surface area contributed by atoms with Gasteiger partial charge in [0.25, 0.3) is 0 Å². The third-order valence-corrected chi connectivity index (χ3v) is 4.14. The molecule has 0 aliphatic rings. The van der Waals surface area contributed by atoms with Crippen LogP contribution in [0.3, 0.4) is 0 Å². The quantitative estimate of drug-likeness (QED) is 0.750. The van der Waals surface area contributed by atoms with Crippen LogP contribution in [0.15, 0.2) is 48.5 Å².